The van der Waals surface area contributed by atoms with E-state index < -0.39 is 5.63 Å². The Morgan fingerprint density at radius 1 is 1.21 bits per heavy atom. The number of rotatable bonds is 7. The van der Waals surface area contributed by atoms with E-state index >= 15 is 0 Å². The summed E-state index contributed by atoms with van der Waals surface area (Å²) in [4.78, 5) is 25.3. The molecule has 0 amide bonds. The van der Waals surface area contributed by atoms with Crippen molar-refractivity contribution >= 4 is 22.8 Å². The van der Waals surface area contributed by atoms with Gasteiger partial charge in [0, 0.05) is 11.5 Å². The molecule has 29 heavy (non-hydrogen) atoms. The van der Waals surface area contributed by atoms with Gasteiger partial charge in [-0.2, -0.15) is 0 Å². The number of carbonyl (C=O) groups excluding carboxylic acids is 1. The normalized spacial score (nSPS) is 11.3. The molecule has 0 fully saturated rings. The average Bonchev–Trinajstić information content (AvgIpc) is 2.71. The number of hydrogen-bond donors (Lipinski definition) is 0. The molecule has 5 heteroatoms. The van der Waals surface area contributed by atoms with Gasteiger partial charge in [-0.25, -0.2) is 4.79 Å². The summed E-state index contributed by atoms with van der Waals surface area (Å²) in [7, 11) is 1.59. The first-order chi connectivity index (χ1) is 13.9. The van der Waals surface area contributed by atoms with Crippen LogP contribution in [0.3, 0.4) is 0 Å². The van der Waals surface area contributed by atoms with Crippen molar-refractivity contribution in [3.8, 4) is 11.5 Å². The molecule has 0 radical (unpaired) electrons. The van der Waals surface area contributed by atoms with Crippen LogP contribution in [0.4, 0.5) is 0 Å². The third kappa shape index (κ3) is 4.29. The number of methoxy groups -OCH3 is 1. The monoisotopic (exact) mass is 390 g/mol. The van der Waals surface area contributed by atoms with Crippen LogP contribution in [-0.2, 0) is 0 Å². The number of aryl methyl sites for hydroxylation is 1. The van der Waals surface area contributed by atoms with E-state index in [-0.39, 0.29) is 23.5 Å². The number of carbonyl (C=O) groups is 1. The topological polar surface area (TPSA) is 65.7 Å². The minimum atomic E-state index is -0.514. The van der Waals surface area contributed by atoms with Gasteiger partial charge >= 0.3 is 5.63 Å². The number of ketones is 1. The highest BCUT2D eigenvalue weighted by Gasteiger charge is 2.21. The van der Waals surface area contributed by atoms with E-state index in [9.17, 15) is 9.59 Å². The molecule has 2 aromatic carbocycles. The third-order valence-electron chi connectivity index (χ3n) is 4.50. The van der Waals surface area contributed by atoms with Gasteiger partial charge in [0.1, 0.15) is 23.7 Å². The number of ether oxygens (including phenoxy) is 2. The fraction of sp³-hybridized carbons (Fsp3) is 0.167. The standard InChI is InChI=1S/C24H22O5/c1-5-11-28-20-10-9-19-15(2)13-21(25)29-24(19)22(20)23(26)16(3)12-17-7-6-8-18(14-17)27-4/h5-10,12-14H,1,11H2,2-4H3/b16-12+. The van der Waals surface area contributed by atoms with E-state index in [1.807, 2.05) is 24.3 Å². The SMILES string of the molecule is C=CCOc1ccc2c(C)cc(=O)oc2c1C(=O)/C(C)=C/c1cccc(OC)c1. The van der Waals surface area contributed by atoms with Crippen LogP contribution in [-0.4, -0.2) is 19.5 Å². The van der Waals surface area contributed by atoms with E-state index in [4.69, 9.17) is 13.9 Å². The van der Waals surface area contributed by atoms with Gasteiger partial charge in [0.2, 0.25) is 0 Å². The molecular formula is C24H22O5. The first-order valence-corrected chi connectivity index (χ1v) is 9.12. The lowest BCUT2D eigenvalue weighted by atomic mass is 9.98. The predicted molar refractivity (Wildman–Crippen MR) is 114 cm³/mol. The van der Waals surface area contributed by atoms with Crippen molar-refractivity contribution in [1.29, 1.82) is 0 Å². The van der Waals surface area contributed by atoms with Crippen molar-refractivity contribution in [3.63, 3.8) is 0 Å². The van der Waals surface area contributed by atoms with Gasteiger partial charge in [0.25, 0.3) is 0 Å². The van der Waals surface area contributed by atoms with E-state index in [1.54, 1.807) is 45.2 Å². The minimum Gasteiger partial charge on any atom is -0.497 e. The van der Waals surface area contributed by atoms with Gasteiger partial charge in [-0.1, -0.05) is 24.8 Å². The van der Waals surface area contributed by atoms with Gasteiger partial charge < -0.3 is 13.9 Å². The molecular weight excluding hydrogens is 368 g/mol. The van der Waals surface area contributed by atoms with Gasteiger partial charge in [-0.05, 0) is 60.9 Å². The highest BCUT2D eigenvalue weighted by atomic mass is 16.5. The molecule has 3 rings (SSSR count). The Labute approximate surface area is 168 Å². The highest BCUT2D eigenvalue weighted by Crippen LogP contribution is 2.31. The largest absolute Gasteiger partial charge is 0.497 e. The molecule has 0 aliphatic carbocycles. The number of benzene rings is 2. The maximum Gasteiger partial charge on any atom is 0.336 e. The van der Waals surface area contributed by atoms with Crippen molar-refractivity contribution in [2.75, 3.05) is 13.7 Å². The van der Waals surface area contributed by atoms with Crippen LogP contribution in [0.15, 0.2) is 69.9 Å². The molecule has 0 bridgehead atoms. The summed E-state index contributed by atoms with van der Waals surface area (Å²) in [5, 5.41) is 0.688. The first-order valence-electron chi connectivity index (χ1n) is 9.12. The second-order valence-electron chi connectivity index (χ2n) is 6.60. The molecule has 0 saturated carbocycles. The van der Waals surface area contributed by atoms with Crippen molar-refractivity contribution < 1.29 is 18.7 Å². The maximum absolute atomic E-state index is 13.4. The Bertz CT molecular complexity index is 1170. The lowest BCUT2D eigenvalue weighted by Crippen LogP contribution is -2.09. The summed E-state index contributed by atoms with van der Waals surface area (Å²) < 4.78 is 16.3. The maximum atomic E-state index is 13.4. The molecule has 3 aromatic rings. The fourth-order valence-corrected chi connectivity index (χ4v) is 3.09. The Morgan fingerprint density at radius 3 is 2.72 bits per heavy atom. The fourth-order valence-electron chi connectivity index (χ4n) is 3.09. The van der Waals surface area contributed by atoms with Crippen LogP contribution in [0.1, 0.15) is 28.4 Å². The van der Waals surface area contributed by atoms with Crippen LogP contribution < -0.4 is 15.1 Å². The molecule has 1 heterocycles. The van der Waals surface area contributed by atoms with Crippen LogP contribution in [0, 0.1) is 6.92 Å². The summed E-state index contributed by atoms with van der Waals surface area (Å²) in [6.07, 6.45) is 3.35. The summed E-state index contributed by atoms with van der Waals surface area (Å²) in [5.74, 6) is 0.751. The van der Waals surface area contributed by atoms with Crippen LogP contribution in [0.25, 0.3) is 17.0 Å². The Kier molecular flexibility index (Phi) is 5.98. The number of Topliss-reactive ketones (excluding diaryl/α,β-unsaturated/α-hetero) is 1. The zero-order valence-electron chi connectivity index (χ0n) is 16.7. The quantitative estimate of drug-likeness (QED) is 0.247. The zero-order chi connectivity index (χ0) is 21.0. The Balaban J connectivity index is 2.17. The van der Waals surface area contributed by atoms with Gasteiger partial charge in [0.05, 0.1) is 7.11 Å². The predicted octanol–water partition coefficient (Wildman–Crippen LogP) is 4.96. The van der Waals surface area contributed by atoms with Crippen molar-refractivity contribution in [2.24, 2.45) is 0 Å². The summed E-state index contributed by atoms with van der Waals surface area (Å²) >= 11 is 0. The first kappa shape index (κ1) is 20.1. The average molecular weight is 390 g/mol. The van der Waals surface area contributed by atoms with E-state index in [1.165, 1.54) is 6.07 Å². The zero-order valence-corrected chi connectivity index (χ0v) is 16.7. The molecule has 0 aliphatic heterocycles. The van der Waals surface area contributed by atoms with Crippen molar-refractivity contribution in [1.82, 2.24) is 0 Å². The molecule has 0 N–H and O–H groups in total. The Morgan fingerprint density at radius 2 is 2.00 bits per heavy atom. The van der Waals surface area contributed by atoms with E-state index in [0.29, 0.717) is 22.5 Å². The van der Waals surface area contributed by atoms with Crippen LogP contribution in [0.2, 0.25) is 0 Å². The van der Waals surface area contributed by atoms with E-state index in [2.05, 4.69) is 6.58 Å². The summed E-state index contributed by atoms with van der Waals surface area (Å²) in [6.45, 7) is 7.38. The molecule has 0 atom stereocenters. The molecule has 1 aromatic heterocycles. The van der Waals surface area contributed by atoms with Crippen molar-refractivity contribution in [2.45, 2.75) is 13.8 Å². The van der Waals surface area contributed by atoms with Crippen LogP contribution >= 0.6 is 0 Å². The number of fused-ring (bicyclic) bond motifs is 1. The smallest absolute Gasteiger partial charge is 0.336 e. The lowest BCUT2D eigenvalue weighted by molar-refractivity contribution is 0.103. The highest BCUT2D eigenvalue weighted by molar-refractivity contribution is 6.18. The van der Waals surface area contributed by atoms with Gasteiger partial charge in [-0.15, -0.1) is 0 Å². The molecule has 0 aliphatic rings. The lowest BCUT2D eigenvalue weighted by Gasteiger charge is -2.13. The van der Waals surface area contributed by atoms with Crippen molar-refractivity contribution in [3.05, 3.63) is 87.8 Å². The van der Waals surface area contributed by atoms with E-state index in [0.717, 1.165) is 11.1 Å². The molecule has 0 saturated heterocycles. The molecule has 0 spiro atoms. The minimum absolute atomic E-state index is 0.222. The summed E-state index contributed by atoms with van der Waals surface area (Å²) in [6, 6.07) is 12.3. The molecule has 148 valence electrons. The molecule has 5 nitrogen and oxygen atoms in total. The second kappa shape index (κ2) is 8.61. The molecule has 0 unspecified atom stereocenters. The second-order valence-corrected chi connectivity index (χ2v) is 6.60. The summed E-state index contributed by atoms with van der Waals surface area (Å²) in [5.41, 5.74) is 1.95. The van der Waals surface area contributed by atoms with Gasteiger partial charge in [-0.3, -0.25) is 4.79 Å². The third-order valence-corrected chi connectivity index (χ3v) is 4.50. The van der Waals surface area contributed by atoms with Gasteiger partial charge in [0.15, 0.2) is 11.4 Å². The number of allylic oxidation sites excluding steroid dienone is 1. The number of hydrogen-bond acceptors (Lipinski definition) is 5. The Hall–Kier alpha value is -3.60. The van der Waals surface area contributed by atoms with Crippen LogP contribution in [0.5, 0.6) is 11.5 Å².